The van der Waals surface area contributed by atoms with E-state index in [0.717, 1.165) is 5.56 Å². The summed E-state index contributed by atoms with van der Waals surface area (Å²) in [5, 5.41) is 12.6. The smallest absolute Gasteiger partial charge is 0.341 e. The predicted octanol–water partition coefficient (Wildman–Crippen LogP) is 2.13. The summed E-state index contributed by atoms with van der Waals surface area (Å²) >= 11 is 0. The maximum absolute atomic E-state index is 13.3. The van der Waals surface area contributed by atoms with Gasteiger partial charge in [0.2, 0.25) is 10.0 Å². The molecule has 0 aliphatic carbocycles. The Morgan fingerprint density at radius 2 is 1.80 bits per heavy atom. The summed E-state index contributed by atoms with van der Waals surface area (Å²) in [6, 6.07) is 11.9. The van der Waals surface area contributed by atoms with Crippen molar-refractivity contribution < 1.29 is 22.3 Å². The molecule has 0 saturated heterocycles. The molecule has 30 heavy (non-hydrogen) atoms. The number of carbonyl (C=O) groups is 1. The molecule has 0 amide bonds. The molecule has 1 heterocycles. The van der Waals surface area contributed by atoms with Crippen LogP contribution in [0.1, 0.15) is 28.5 Å². The van der Waals surface area contributed by atoms with Gasteiger partial charge in [0.25, 0.3) is 0 Å². The number of halogens is 1. The van der Waals surface area contributed by atoms with Gasteiger partial charge in [0.05, 0.1) is 29.1 Å². The Morgan fingerprint density at radius 3 is 2.40 bits per heavy atom. The van der Waals surface area contributed by atoms with Crippen molar-refractivity contribution in [2.45, 2.75) is 24.9 Å². The Labute approximate surface area is 173 Å². The Bertz CT molecular complexity index is 1130. The number of primary sulfonamides is 1. The summed E-state index contributed by atoms with van der Waals surface area (Å²) in [5.41, 5.74) is 2.29. The van der Waals surface area contributed by atoms with Crippen molar-refractivity contribution in [2.75, 3.05) is 6.61 Å². The number of rotatable bonds is 8. The van der Waals surface area contributed by atoms with Crippen molar-refractivity contribution in [3.63, 3.8) is 0 Å². The monoisotopic (exact) mass is 432 g/mol. The topological polar surface area (TPSA) is 116 Å². The average molecular weight is 432 g/mol. The van der Waals surface area contributed by atoms with Crippen molar-refractivity contribution in [2.24, 2.45) is 5.14 Å². The van der Waals surface area contributed by atoms with Gasteiger partial charge in [0.15, 0.2) is 0 Å². The van der Waals surface area contributed by atoms with Gasteiger partial charge in [-0.1, -0.05) is 12.1 Å². The van der Waals surface area contributed by atoms with Crippen LogP contribution in [0, 0.1) is 5.82 Å². The number of hydrogen-bond donors (Lipinski definition) is 2. The van der Waals surface area contributed by atoms with E-state index in [1.54, 1.807) is 35.9 Å². The van der Waals surface area contributed by atoms with E-state index in [9.17, 15) is 17.6 Å². The van der Waals surface area contributed by atoms with Crippen molar-refractivity contribution >= 4 is 16.0 Å². The van der Waals surface area contributed by atoms with Crippen LogP contribution in [0.5, 0.6) is 0 Å². The number of benzene rings is 2. The first-order valence-electron chi connectivity index (χ1n) is 9.12. The van der Waals surface area contributed by atoms with Gasteiger partial charge in [-0.2, -0.15) is 5.10 Å². The number of aromatic nitrogens is 2. The number of hydrogen-bond acceptors (Lipinski definition) is 6. The van der Waals surface area contributed by atoms with Gasteiger partial charge in [-0.3, -0.25) is 0 Å². The fourth-order valence-corrected chi connectivity index (χ4v) is 3.37. The lowest BCUT2D eigenvalue weighted by atomic mass is 10.2. The molecular weight excluding hydrogens is 411 g/mol. The average Bonchev–Trinajstić information content (AvgIpc) is 3.12. The maximum atomic E-state index is 13.3. The van der Waals surface area contributed by atoms with E-state index in [1.807, 2.05) is 0 Å². The number of sulfonamides is 1. The first-order chi connectivity index (χ1) is 14.3. The number of nitrogens with two attached hydrogens (primary N) is 1. The van der Waals surface area contributed by atoms with Crippen LogP contribution >= 0.6 is 0 Å². The van der Waals surface area contributed by atoms with Crippen LogP contribution in [0.4, 0.5) is 4.39 Å². The standard InChI is InChI=1S/C20H21FN4O4S/c1-2-29-20(26)18-12-24-25(16-7-5-15(21)6-8-16)19(18)13-23-11-14-3-9-17(10-4-14)30(22,27)28/h3-10,12,23H,2,11,13H2,1H3,(H2,22,27,28). The van der Waals surface area contributed by atoms with E-state index < -0.39 is 16.0 Å². The molecule has 0 aliphatic heterocycles. The number of ether oxygens (including phenoxy) is 1. The highest BCUT2D eigenvalue weighted by molar-refractivity contribution is 7.89. The van der Waals surface area contributed by atoms with E-state index in [-0.39, 0.29) is 23.9 Å². The van der Waals surface area contributed by atoms with Crippen molar-refractivity contribution in [3.8, 4) is 5.69 Å². The van der Waals surface area contributed by atoms with Gasteiger partial charge < -0.3 is 10.1 Å². The molecule has 3 aromatic rings. The molecule has 3 N–H and O–H groups in total. The quantitative estimate of drug-likeness (QED) is 0.527. The zero-order valence-electron chi connectivity index (χ0n) is 16.2. The zero-order valence-corrected chi connectivity index (χ0v) is 17.0. The number of carbonyl (C=O) groups excluding carboxylic acids is 1. The molecule has 0 fully saturated rings. The number of esters is 1. The zero-order chi connectivity index (χ0) is 21.7. The van der Waals surface area contributed by atoms with Crippen molar-refractivity contribution in [3.05, 3.63) is 77.4 Å². The highest BCUT2D eigenvalue weighted by atomic mass is 32.2. The minimum Gasteiger partial charge on any atom is -0.462 e. The van der Waals surface area contributed by atoms with E-state index >= 15 is 0 Å². The van der Waals surface area contributed by atoms with Gasteiger partial charge in [-0.05, 0) is 48.9 Å². The molecule has 1 aromatic heterocycles. The first-order valence-corrected chi connectivity index (χ1v) is 10.7. The minimum atomic E-state index is -3.75. The molecule has 10 heteroatoms. The van der Waals surface area contributed by atoms with Crippen LogP contribution in [0.25, 0.3) is 5.69 Å². The molecule has 0 aliphatic rings. The van der Waals surface area contributed by atoms with Crippen LogP contribution in [-0.4, -0.2) is 30.8 Å². The summed E-state index contributed by atoms with van der Waals surface area (Å²) in [6.07, 6.45) is 1.42. The van der Waals surface area contributed by atoms with Crippen LogP contribution in [0.2, 0.25) is 0 Å². The number of nitrogens with zero attached hydrogens (tertiary/aromatic N) is 2. The summed E-state index contributed by atoms with van der Waals surface area (Å²) < 4.78 is 42.6. The summed E-state index contributed by atoms with van der Waals surface area (Å²) in [4.78, 5) is 12.3. The van der Waals surface area contributed by atoms with Crippen LogP contribution < -0.4 is 10.5 Å². The maximum Gasteiger partial charge on any atom is 0.341 e. The molecule has 0 radical (unpaired) electrons. The van der Waals surface area contributed by atoms with Gasteiger partial charge in [-0.15, -0.1) is 0 Å². The Kier molecular flexibility index (Phi) is 6.60. The van der Waals surface area contributed by atoms with Gasteiger partial charge in [0, 0.05) is 13.1 Å². The lowest BCUT2D eigenvalue weighted by Crippen LogP contribution is -2.19. The molecule has 0 spiro atoms. The van der Waals surface area contributed by atoms with Crippen molar-refractivity contribution in [1.29, 1.82) is 0 Å². The van der Waals surface area contributed by atoms with Crippen LogP contribution in [0.3, 0.4) is 0 Å². The largest absolute Gasteiger partial charge is 0.462 e. The molecule has 158 valence electrons. The fourth-order valence-electron chi connectivity index (χ4n) is 2.85. The predicted molar refractivity (Wildman–Crippen MR) is 108 cm³/mol. The fraction of sp³-hybridized carbons (Fsp3) is 0.200. The summed E-state index contributed by atoms with van der Waals surface area (Å²) in [5.74, 6) is -0.876. The third kappa shape index (κ3) is 5.09. The van der Waals surface area contributed by atoms with Crippen LogP contribution in [0.15, 0.2) is 59.6 Å². The normalized spacial score (nSPS) is 11.4. The SMILES string of the molecule is CCOC(=O)c1cnn(-c2ccc(F)cc2)c1CNCc1ccc(S(N)(=O)=O)cc1. The molecule has 0 bridgehead atoms. The van der Waals surface area contributed by atoms with E-state index in [4.69, 9.17) is 9.88 Å². The van der Waals surface area contributed by atoms with Gasteiger partial charge in [-0.25, -0.2) is 27.4 Å². The molecule has 0 saturated carbocycles. The lowest BCUT2D eigenvalue weighted by molar-refractivity contribution is 0.0525. The highest BCUT2D eigenvalue weighted by Gasteiger charge is 2.19. The summed E-state index contributed by atoms with van der Waals surface area (Å²) in [7, 11) is -3.75. The molecule has 0 unspecified atom stereocenters. The first kappa shape index (κ1) is 21.6. The Balaban J connectivity index is 1.80. The third-order valence-corrected chi connectivity index (χ3v) is 5.24. The van der Waals surface area contributed by atoms with E-state index in [1.165, 1.54) is 30.5 Å². The second-order valence-electron chi connectivity index (χ2n) is 6.41. The Morgan fingerprint density at radius 1 is 1.13 bits per heavy atom. The molecule has 3 rings (SSSR count). The van der Waals surface area contributed by atoms with E-state index in [0.29, 0.717) is 23.5 Å². The molecule has 8 nitrogen and oxygen atoms in total. The second kappa shape index (κ2) is 9.16. The minimum absolute atomic E-state index is 0.0326. The van der Waals surface area contributed by atoms with Gasteiger partial charge >= 0.3 is 5.97 Å². The van der Waals surface area contributed by atoms with Crippen molar-refractivity contribution in [1.82, 2.24) is 15.1 Å². The van der Waals surface area contributed by atoms with Gasteiger partial charge in [0.1, 0.15) is 11.4 Å². The lowest BCUT2D eigenvalue weighted by Gasteiger charge is -2.11. The Hall–Kier alpha value is -3.08. The second-order valence-corrected chi connectivity index (χ2v) is 7.97. The van der Waals surface area contributed by atoms with Crippen LogP contribution in [-0.2, 0) is 27.8 Å². The molecule has 2 aromatic carbocycles. The summed E-state index contributed by atoms with van der Waals surface area (Å²) in [6.45, 7) is 2.61. The van der Waals surface area contributed by atoms with E-state index in [2.05, 4.69) is 10.4 Å². The highest BCUT2D eigenvalue weighted by Crippen LogP contribution is 2.17. The number of nitrogens with one attached hydrogen (secondary N) is 1. The molecule has 0 atom stereocenters. The third-order valence-electron chi connectivity index (χ3n) is 4.31. The molecular formula is C20H21FN4O4S.